The molecule has 0 N–H and O–H groups in total. The Morgan fingerprint density at radius 3 is 2.05 bits per heavy atom. The van der Waals surface area contributed by atoms with E-state index in [9.17, 15) is 9.59 Å². The van der Waals surface area contributed by atoms with Crippen LogP contribution in [0.15, 0.2) is 64.4 Å². The van der Waals surface area contributed by atoms with Crippen molar-refractivity contribution in [1.29, 1.82) is 0 Å². The van der Waals surface area contributed by atoms with Crippen molar-refractivity contribution in [1.82, 2.24) is 0 Å². The summed E-state index contributed by atoms with van der Waals surface area (Å²) in [6.45, 7) is 1.69. The topological polar surface area (TPSA) is 34.1 Å². The maximum atomic E-state index is 11.7. The van der Waals surface area contributed by atoms with Crippen LogP contribution in [0.1, 0.15) is 23.7 Å². The van der Waals surface area contributed by atoms with Crippen molar-refractivity contribution in [2.45, 2.75) is 23.1 Å². The molecule has 0 amide bonds. The lowest BCUT2D eigenvalue weighted by Gasteiger charge is -2.03. The molecular formula is C16H14O2S. The second kappa shape index (κ2) is 6.34. The van der Waals surface area contributed by atoms with Gasteiger partial charge in [-0.25, -0.2) is 0 Å². The van der Waals surface area contributed by atoms with E-state index in [2.05, 4.69) is 0 Å². The first kappa shape index (κ1) is 13.6. The second-order valence-corrected chi connectivity index (χ2v) is 5.19. The molecule has 0 fully saturated rings. The fourth-order valence-corrected chi connectivity index (χ4v) is 2.46. The van der Waals surface area contributed by atoms with Crippen LogP contribution in [0.25, 0.3) is 0 Å². The molecule has 0 atom stereocenters. The van der Waals surface area contributed by atoms with Gasteiger partial charge >= 0.3 is 0 Å². The summed E-state index contributed by atoms with van der Waals surface area (Å²) in [4.78, 5) is 25.2. The summed E-state index contributed by atoms with van der Waals surface area (Å²) in [5, 5.41) is 0. The first-order valence-electron chi connectivity index (χ1n) is 6.11. The van der Waals surface area contributed by atoms with Gasteiger partial charge in [0.2, 0.25) is 11.6 Å². The van der Waals surface area contributed by atoms with E-state index in [-0.39, 0.29) is 12.2 Å². The third-order valence-corrected chi connectivity index (χ3v) is 3.69. The average Bonchev–Trinajstić information content (AvgIpc) is 2.47. The van der Waals surface area contributed by atoms with Gasteiger partial charge in [0.25, 0.3) is 0 Å². The number of carbonyl (C=O) groups excluding carboxylic acids is 2. The molecule has 0 unspecified atom stereocenters. The van der Waals surface area contributed by atoms with E-state index >= 15 is 0 Å². The molecule has 0 aromatic heterocycles. The largest absolute Gasteiger partial charge is 0.290 e. The van der Waals surface area contributed by atoms with Gasteiger partial charge in [-0.3, -0.25) is 9.59 Å². The number of benzene rings is 2. The van der Waals surface area contributed by atoms with Crippen molar-refractivity contribution in [3.05, 3.63) is 60.2 Å². The lowest BCUT2D eigenvalue weighted by molar-refractivity contribution is -0.114. The van der Waals surface area contributed by atoms with Crippen LogP contribution in [-0.4, -0.2) is 11.6 Å². The summed E-state index contributed by atoms with van der Waals surface area (Å²) in [5.41, 5.74) is 0.462. The van der Waals surface area contributed by atoms with Crippen LogP contribution in [0.2, 0.25) is 0 Å². The van der Waals surface area contributed by atoms with Crippen LogP contribution >= 0.6 is 11.8 Å². The fourth-order valence-electron chi connectivity index (χ4n) is 1.62. The van der Waals surface area contributed by atoms with Gasteiger partial charge in [-0.15, -0.1) is 0 Å². The maximum Gasteiger partial charge on any atom is 0.228 e. The Bertz CT molecular complexity index is 573. The van der Waals surface area contributed by atoms with Crippen molar-refractivity contribution in [3.8, 4) is 0 Å². The molecule has 2 nitrogen and oxygen atoms in total. The zero-order valence-corrected chi connectivity index (χ0v) is 11.4. The van der Waals surface area contributed by atoms with Crippen LogP contribution < -0.4 is 0 Å². The molecule has 0 saturated carbocycles. The van der Waals surface area contributed by atoms with E-state index in [0.717, 1.165) is 9.79 Å². The van der Waals surface area contributed by atoms with Gasteiger partial charge < -0.3 is 0 Å². The zero-order chi connectivity index (χ0) is 13.7. The van der Waals surface area contributed by atoms with Crippen molar-refractivity contribution in [2.75, 3.05) is 0 Å². The average molecular weight is 270 g/mol. The number of hydrogen-bond donors (Lipinski definition) is 0. The molecule has 3 heteroatoms. The van der Waals surface area contributed by atoms with Crippen LogP contribution in [-0.2, 0) is 4.79 Å². The van der Waals surface area contributed by atoms with E-state index in [1.54, 1.807) is 30.8 Å². The number of carbonyl (C=O) groups is 2. The molecule has 0 spiro atoms. The predicted octanol–water partition coefficient (Wildman–Crippen LogP) is 4.00. The molecule has 0 saturated heterocycles. The fraction of sp³-hybridized carbons (Fsp3) is 0.125. The second-order valence-electron chi connectivity index (χ2n) is 4.05. The molecule has 19 heavy (non-hydrogen) atoms. The Morgan fingerprint density at radius 2 is 1.47 bits per heavy atom. The third-order valence-electron chi connectivity index (χ3n) is 2.67. The molecule has 0 radical (unpaired) electrons. The van der Waals surface area contributed by atoms with Crippen LogP contribution in [0.5, 0.6) is 0 Å². The van der Waals surface area contributed by atoms with Crippen molar-refractivity contribution < 1.29 is 9.59 Å². The molecule has 2 aromatic rings. The Labute approximate surface area is 116 Å². The van der Waals surface area contributed by atoms with Gasteiger partial charge in [-0.2, -0.15) is 0 Å². The van der Waals surface area contributed by atoms with E-state index in [4.69, 9.17) is 0 Å². The third kappa shape index (κ3) is 3.55. The highest BCUT2D eigenvalue weighted by Gasteiger charge is 2.13. The summed E-state index contributed by atoms with van der Waals surface area (Å²) < 4.78 is 0. The number of ketones is 2. The quantitative estimate of drug-likeness (QED) is 0.608. The number of Topliss-reactive ketones (excluding diaryl/α,β-unsaturated/α-hetero) is 2. The molecule has 0 aliphatic heterocycles. The highest BCUT2D eigenvalue weighted by Crippen LogP contribution is 2.27. The lowest BCUT2D eigenvalue weighted by Crippen LogP contribution is -2.12. The standard InChI is InChI=1S/C16H14O2S/c1-2-15(17)16(18)12-8-10-14(11-9-12)19-13-6-4-3-5-7-13/h3-11H,2H2,1H3. The molecule has 96 valence electrons. The highest BCUT2D eigenvalue weighted by molar-refractivity contribution is 7.99. The monoisotopic (exact) mass is 270 g/mol. The summed E-state index contributed by atoms with van der Waals surface area (Å²) in [6.07, 6.45) is 0.249. The van der Waals surface area contributed by atoms with Gasteiger partial charge in [-0.05, 0) is 36.4 Å². The van der Waals surface area contributed by atoms with Gasteiger partial charge in [-0.1, -0.05) is 36.9 Å². The summed E-state index contributed by atoms with van der Waals surface area (Å²) in [6, 6.07) is 17.2. The van der Waals surface area contributed by atoms with Crippen LogP contribution in [0.3, 0.4) is 0 Å². The SMILES string of the molecule is CCC(=O)C(=O)c1ccc(Sc2ccccc2)cc1. The van der Waals surface area contributed by atoms with Crippen molar-refractivity contribution in [3.63, 3.8) is 0 Å². The van der Waals surface area contributed by atoms with E-state index in [0.29, 0.717) is 5.56 Å². The number of rotatable bonds is 5. The first-order valence-corrected chi connectivity index (χ1v) is 6.93. The normalized spacial score (nSPS) is 10.2. The van der Waals surface area contributed by atoms with E-state index < -0.39 is 5.78 Å². The summed E-state index contributed by atoms with van der Waals surface area (Å²) in [7, 11) is 0. The minimum atomic E-state index is -0.404. The Kier molecular flexibility index (Phi) is 4.53. The molecular weight excluding hydrogens is 256 g/mol. The predicted molar refractivity (Wildman–Crippen MR) is 76.6 cm³/mol. The molecule has 2 aromatic carbocycles. The van der Waals surface area contributed by atoms with Crippen molar-refractivity contribution >= 4 is 23.3 Å². The highest BCUT2D eigenvalue weighted by atomic mass is 32.2. The molecule has 0 aliphatic rings. The van der Waals surface area contributed by atoms with Crippen LogP contribution in [0, 0.1) is 0 Å². The minimum absolute atomic E-state index is 0.249. The first-order chi connectivity index (χ1) is 9.20. The van der Waals surface area contributed by atoms with Gasteiger partial charge in [0.1, 0.15) is 0 Å². The molecule has 2 rings (SSSR count). The van der Waals surface area contributed by atoms with Crippen molar-refractivity contribution in [2.24, 2.45) is 0 Å². The summed E-state index contributed by atoms with van der Waals surface area (Å²) >= 11 is 1.63. The number of hydrogen-bond acceptors (Lipinski definition) is 3. The Hall–Kier alpha value is -1.87. The lowest BCUT2D eigenvalue weighted by atomic mass is 10.1. The van der Waals surface area contributed by atoms with E-state index in [1.807, 2.05) is 42.5 Å². The minimum Gasteiger partial charge on any atom is -0.290 e. The Balaban J connectivity index is 2.11. The van der Waals surface area contributed by atoms with Gasteiger partial charge in [0.05, 0.1) is 0 Å². The van der Waals surface area contributed by atoms with Gasteiger partial charge in [0.15, 0.2) is 0 Å². The smallest absolute Gasteiger partial charge is 0.228 e. The zero-order valence-electron chi connectivity index (χ0n) is 10.6. The van der Waals surface area contributed by atoms with Crippen LogP contribution in [0.4, 0.5) is 0 Å². The maximum absolute atomic E-state index is 11.7. The summed E-state index contributed by atoms with van der Waals surface area (Å²) in [5.74, 6) is -0.748. The van der Waals surface area contributed by atoms with E-state index in [1.165, 1.54) is 0 Å². The molecule has 0 aliphatic carbocycles. The molecule has 0 bridgehead atoms. The Morgan fingerprint density at radius 1 is 0.895 bits per heavy atom. The molecule has 0 heterocycles. The van der Waals surface area contributed by atoms with Gasteiger partial charge in [0, 0.05) is 21.8 Å².